The fourth-order valence-electron chi connectivity index (χ4n) is 1.75. The van der Waals surface area contributed by atoms with Crippen LogP contribution in [0.3, 0.4) is 0 Å². The lowest BCUT2D eigenvalue weighted by molar-refractivity contribution is -0.136. The van der Waals surface area contributed by atoms with E-state index >= 15 is 0 Å². The van der Waals surface area contributed by atoms with Crippen molar-refractivity contribution in [1.29, 1.82) is 0 Å². The van der Waals surface area contributed by atoms with Crippen molar-refractivity contribution in [1.82, 2.24) is 9.97 Å². The Kier molecular flexibility index (Phi) is 2.74. The number of carboxylic acid groups (broad SMARTS) is 1. The molecule has 1 aromatic rings. The number of carboxylic acids is 1. The van der Waals surface area contributed by atoms with E-state index in [2.05, 4.69) is 9.97 Å². The van der Waals surface area contributed by atoms with Crippen molar-refractivity contribution in [3.63, 3.8) is 0 Å². The normalized spacial score (nSPS) is 17.4. The van der Waals surface area contributed by atoms with Crippen LogP contribution in [-0.4, -0.2) is 35.2 Å². The molecule has 0 spiro atoms. The molecule has 0 bridgehead atoms. The van der Waals surface area contributed by atoms with Gasteiger partial charge < -0.3 is 10.8 Å². The van der Waals surface area contributed by atoms with Crippen LogP contribution in [0.5, 0.6) is 0 Å². The molecule has 1 aliphatic rings. The van der Waals surface area contributed by atoms with Crippen LogP contribution in [0.4, 0.5) is 5.82 Å². The number of sulfone groups is 1. The van der Waals surface area contributed by atoms with Crippen molar-refractivity contribution in [3.8, 4) is 0 Å². The summed E-state index contributed by atoms with van der Waals surface area (Å²) >= 11 is 0. The monoisotopic (exact) mass is 257 g/mol. The van der Waals surface area contributed by atoms with Crippen molar-refractivity contribution >= 4 is 21.6 Å². The molecule has 0 atom stereocenters. The summed E-state index contributed by atoms with van der Waals surface area (Å²) in [5.74, 6) is -1.01. The minimum Gasteiger partial charge on any atom is -0.481 e. The van der Waals surface area contributed by atoms with E-state index < -0.39 is 15.8 Å². The second-order valence-corrected chi connectivity index (χ2v) is 6.05. The summed E-state index contributed by atoms with van der Waals surface area (Å²) < 4.78 is 22.9. The Labute approximate surface area is 97.6 Å². The summed E-state index contributed by atoms with van der Waals surface area (Å²) in [6.45, 7) is 0. The molecule has 2 heterocycles. The number of nitrogen functional groups attached to an aromatic ring is 1. The first-order chi connectivity index (χ1) is 7.87. The van der Waals surface area contributed by atoms with Crippen LogP contribution >= 0.6 is 0 Å². The third kappa shape index (κ3) is 2.52. The number of aromatic nitrogens is 2. The topological polar surface area (TPSA) is 123 Å². The fraction of sp³-hybridized carbons (Fsp3) is 0.444. The molecular formula is C9H11N3O4S. The molecule has 0 aliphatic carbocycles. The van der Waals surface area contributed by atoms with Crippen LogP contribution in [0.1, 0.15) is 17.1 Å². The number of aliphatic carboxylic acids is 1. The average Bonchev–Trinajstić information content (AvgIpc) is 2.13. The minimum atomic E-state index is -3.15. The van der Waals surface area contributed by atoms with E-state index in [1.54, 1.807) is 0 Å². The number of nitrogens with two attached hydrogens (primary N) is 1. The standard InChI is InChI=1S/C9H11N3O4S/c10-9-5-1-2-17(15,16)4-6(5)11-7(12-9)3-8(13)14/h1-4H2,(H,13,14)(H2,10,11,12). The highest BCUT2D eigenvalue weighted by Gasteiger charge is 2.25. The quantitative estimate of drug-likeness (QED) is 0.707. The van der Waals surface area contributed by atoms with E-state index in [0.29, 0.717) is 11.3 Å². The first-order valence-electron chi connectivity index (χ1n) is 4.94. The average molecular weight is 257 g/mol. The molecule has 17 heavy (non-hydrogen) atoms. The van der Waals surface area contributed by atoms with Crippen LogP contribution in [0, 0.1) is 0 Å². The van der Waals surface area contributed by atoms with Crippen LogP contribution in [-0.2, 0) is 33.2 Å². The summed E-state index contributed by atoms with van der Waals surface area (Å²) in [5.41, 5.74) is 6.62. The van der Waals surface area contributed by atoms with Gasteiger partial charge in [0.15, 0.2) is 9.84 Å². The molecule has 1 aliphatic heterocycles. The number of nitrogens with zero attached hydrogens (tertiary/aromatic N) is 2. The van der Waals surface area contributed by atoms with Crippen molar-refractivity contribution in [3.05, 3.63) is 17.1 Å². The highest BCUT2D eigenvalue weighted by Crippen LogP contribution is 2.23. The van der Waals surface area contributed by atoms with Crippen LogP contribution < -0.4 is 5.73 Å². The lowest BCUT2D eigenvalue weighted by Crippen LogP contribution is -2.23. The molecule has 92 valence electrons. The van der Waals surface area contributed by atoms with Crippen molar-refractivity contribution in [2.24, 2.45) is 0 Å². The van der Waals surface area contributed by atoms with Crippen LogP contribution in [0.25, 0.3) is 0 Å². The third-order valence-electron chi connectivity index (χ3n) is 2.50. The van der Waals surface area contributed by atoms with Crippen LogP contribution in [0.2, 0.25) is 0 Å². The summed E-state index contributed by atoms with van der Waals surface area (Å²) in [7, 11) is -3.15. The van der Waals surface area contributed by atoms with E-state index in [4.69, 9.17) is 10.8 Å². The zero-order valence-corrected chi connectivity index (χ0v) is 9.70. The second-order valence-electron chi connectivity index (χ2n) is 3.86. The Bertz CT molecular complexity index is 582. The minimum absolute atomic E-state index is 0.0336. The molecule has 0 radical (unpaired) electrons. The first kappa shape index (κ1) is 11.8. The van der Waals surface area contributed by atoms with Crippen molar-refractivity contribution < 1.29 is 18.3 Å². The predicted molar refractivity (Wildman–Crippen MR) is 59.0 cm³/mol. The Morgan fingerprint density at radius 1 is 1.41 bits per heavy atom. The summed E-state index contributed by atoms with van der Waals surface area (Å²) in [6, 6.07) is 0. The Balaban J connectivity index is 2.45. The van der Waals surface area contributed by atoms with Gasteiger partial charge in [-0.2, -0.15) is 0 Å². The second kappa shape index (κ2) is 3.95. The number of carbonyl (C=O) groups is 1. The zero-order valence-electron chi connectivity index (χ0n) is 8.88. The molecule has 8 heteroatoms. The molecule has 0 saturated carbocycles. The van der Waals surface area contributed by atoms with Gasteiger partial charge in [-0.15, -0.1) is 0 Å². The molecule has 0 aromatic carbocycles. The molecule has 7 nitrogen and oxygen atoms in total. The van der Waals surface area contributed by atoms with E-state index in [1.807, 2.05) is 0 Å². The number of fused-ring (bicyclic) bond motifs is 1. The maximum atomic E-state index is 11.4. The smallest absolute Gasteiger partial charge is 0.311 e. The van der Waals surface area contributed by atoms with E-state index in [1.165, 1.54) is 0 Å². The molecule has 1 aromatic heterocycles. The molecule has 0 fully saturated rings. The number of anilines is 1. The molecule has 0 unspecified atom stereocenters. The van der Waals surface area contributed by atoms with Crippen molar-refractivity contribution in [2.45, 2.75) is 18.6 Å². The first-order valence-corrected chi connectivity index (χ1v) is 6.76. The Morgan fingerprint density at radius 2 is 2.12 bits per heavy atom. The van der Waals surface area contributed by atoms with Gasteiger partial charge in [0.2, 0.25) is 0 Å². The Hall–Kier alpha value is -1.70. The number of hydrogen-bond donors (Lipinski definition) is 2. The lowest BCUT2D eigenvalue weighted by Gasteiger charge is -2.17. The fourth-order valence-corrected chi connectivity index (χ4v) is 3.06. The van der Waals surface area contributed by atoms with Crippen molar-refractivity contribution in [2.75, 3.05) is 11.5 Å². The Morgan fingerprint density at radius 3 is 2.76 bits per heavy atom. The predicted octanol–water partition coefficient (Wildman–Crippen LogP) is -0.843. The molecule has 2 rings (SSSR count). The van der Waals surface area contributed by atoms with E-state index in [9.17, 15) is 13.2 Å². The van der Waals surface area contributed by atoms with E-state index in [-0.39, 0.29) is 36.0 Å². The van der Waals surface area contributed by atoms with Crippen LogP contribution in [0.15, 0.2) is 0 Å². The largest absolute Gasteiger partial charge is 0.481 e. The van der Waals surface area contributed by atoms with E-state index in [0.717, 1.165) is 0 Å². The SMILES string of the molecule is Nc1nc(CC(=O)O)nc2c1CCS(=O)(=O)C2. The summed E-state index contributed by atoms with van der Waals surface area (Å²) in [6.07, 6.45) is -0.0750. The summed E-state index contributed by atoms with van der Waals surface area (Å²) in [4.78, 5) is 18.4. The summed E-state index contributed by atoms with van der Waals surface area (Å²) in [5, 5.41) is 8.63. The van der Waals surface area contributed by atoms with Gasteiger partial charge >= 0.3 is 5.97 Å². The molecule has 3 N–H and O–H groups in total. The van der Waals surface area contributed by atoms with Gasteiger partial charge in [-0.3, -0.25) is 4.79 Å². The molecular weight excluding hydrogens is 246 g/mol. The van der Waals surface area contributed by atoms with Gasteiger partial charge in [0.1, 0.15) is 18.1 Å². The molecule has 0 amide bonds. The molecule has 0 saturated heterocycles. The maximum absolute atomic E-state index is 11.4. The highest BCUT2D eigenvalue weighted by atomic mass is 32.2. The number of hydrogen-bond acceptors (Lipinski definition) is 6. The maximum Gasteiger partial charge on any atom is 0.311 e. The number of rotatable bonds is 2. The van der Waals surface area contributed by atoms with Gasteiger partial charge in [-0.05, 0) is 6.42 Å². The van der Waals surface area contributed by atoms with Gasteiger partial charge in [0.05, 0.1) is 17.2 Å². The van der Waals surface area contributed by atoms with Gasteiger partial charge in [-0.1, -0.05) is 0 Å². The lowest BCUT2D eigenvalue weighted by atomic mass is 10.1. The zero-order chi connectivity index (χ0) is 12.6. The van der Waals surface area contributed by atoms with Gasteiger partial charge in [0, 0.05) is 5.56 Å². The van der Waals surface area contributed by atoms with Gasteiger partial charge in [0.25, 0.3) is 0 Å². The highest BCUT2D eigenvalue weighted by molar-refractivity contribution is 7.90. The third-order valence-corrected chi connectivity index (χ3v) is 4.04. The van der Waals surface area contributed by atoms with Gasteiger partial charge in [-0.25, -0.2) is 18.4 Å².